The highest BCUT2D eigenvalue weighted by molar-refractivity contribution is 8.01. The van der Waals surface area contributed by atoms with Crippen LogP contribution in [0.15, 0.2) is 0 Å². The molecule has 15 heavy (non-hydrogen) atoms. The van der Waals surface area contributed by atoms with Gasteiger partial charge in [0, 0.05) is 25.7 Å². The van der Waals surface area contributed by atoms with Gasteiger partial charge in [0.15, 0.2) is 0 Å². The Bertz CT molecular complexity index is 251. The Kier molecular flexibility index (Phi) is 3.26. The normalized spacial score (nSPS) is 36.9. The van der Waals surface area contributed by atoms with Crippen molar-refractivity contribution in [3.05, 3.63) is 0 Å². The Hall–Kier alpha value is -0.220. The molecule has 0 aromatic rings. The Balaban J connectivity index is 2.00. The molecule has 3 nitrogen and oxygen atoms in total. The second kappa shape index (κ2) is 4.34. The van der Waals surface area contributed by atoms with Crippen molar-refractivity contribution >= 4 is 17.7 Å². The van der Waals surface area contributed by atoms with Crippen molar-refractivity contribution in [2.75, 3.05) is 25.4 Å². The summed E-state index contributed by atoms with van der Waals surface area (Å²) in [5.74, 6) is 1.50. The highest BCUT2D eigenvalue weighted by Gasteiger charge is 2.40. The van der Waals surface area contributed by atoms with E-state index in [-0.39, 0.29) is 4.75 Å². The third-order valence-electron chi connectivity index (χ3n) is 3.33. The van der Waals surface area contributed by atoms with Gasteiger partial charge in [-0.25, -0.2) is 0 Å². The largest absolute Gasteiger partial charge is 0.339 e. The number of piperazine rings is 1. The van der Waals surface area contributed by atoms with E-state index in [1.165, 1.54) is 6.42 Å². The van der Waals surface area contributed by atoms with Gasteiger partial charge in [-0.3, -0.25) is 4.79 Å². The smallest absolute Gasteiger partial charge is 0.238 e. The van der Waals surface area contributed by atoms with Gasteiger partial charge in [0.05, 0.1) is 4.75 Å². The molecule has 2 saturated heterocycles. The molecule has 0 aromatic carbocycles. The minimum Gasteiger partial charge on any atom is -0.339 e. The molecule has 1 amide bonds. The van der Waals surface area contributed by atoms with Crippen LogP contribution in [0.5, 0.6) is 0 Å². The van der Waals surface area contributed by atoms with Crippen LogP contribution in [0.25, 0.3) is 0 Å². The van der Waals surface area contributed by atoms with Gasteiger partial charge in [-0.1, -0.05) is 0 Å². The summed E-state index contributed by atoms with van der Waals surface area (Å²) in [4.78, 5) is 14.4. The van der Waals surface area contributed by atoms with Crippen molar-refractivity contribution in [2.45, 2.75) is 37.5 Å². The number of amides is 1. The van der Waals surface area contributed by atoms with Gasteiger partial charge < -0.3 is 10.2 Å². The monoisotopic (exact) mass is 228 g/mol. The van der Waals surface area contributed by atoms with Crippen LogP contribution >= 0.6 is 11.8 Å². The lowest BCUT2D eigenvalue weighted by molar-refractivity contribution is -0.134. The molecule has 0 radical (unpaired) electrons. The Morgan fingerprint density at radius 1 is 1.60 bits per heavy atom. The van der Waals surface area contributed by atoms with Crippen LogP contribution in [-0.4, -0.2) is 47.0 Å². The van der Waals surface area contributed by atoms with E-state index in [9.17, 15) is 4.79 Å². The number of hydrogen-bond acceptors (Lipinski definition) is 3. The van der Waals surface area contributed by atoms with Crippen LogP contribution in [0.4, 0.5) is 0 Å². The third-order valence-corrected chi connectivity index (χ3v) is 4.84. The standard InChI is InChI=1S/C11H20N2OS/c1-9-8-13(6-5-12-9)10(14)11(2)4-3-7-15-11/h9,12H,3-8H2,1-2H3. The van der Waals surface area contributed by atoms with Crippen molar-refractivity contribution in [3.63, 3.8) is 0 Å². The molecule has 2 heterocycles. The van der Waals surface area contributed by atoms with Gasteiger partial charge in [0.1, 0.15) is 0 Å². The fourth-order valence-corrected chi connectivity index (χ4v) is 3.68. The third kappa shape index (κ3) is 2.31. The first-order valence-corrected chi connectivity index (χ1v) is 6.77. The molecule has 2 fully saturated rings. The van der Waals surface area contributed by atoms with E-state index in [0.29, 0.717) is 11.9 Å². The molecule has 0 bridgehead atoms. The summed E-state index contributed by atoms with van der Waals surface area (Å²) in [6.07, 6.45) is 2.24. The van der Waals surface area contributed by atoms with Crippen molar-refractivity contribution in [1.29, 1.82) is 0 Å². The Morgan fingerprint density at radius 2 is 2.40 bits per heavy atom. The number of nitrogens with one attached hydrogen (secondary N) is 1. The highest BCUT2D eigenvalue weighted by Crippen LogP contribution is 2.39. The molecule has 2 rings (SSSR count). The molecule has 0 spiro atoms. The van der Waals surface area contributed by atoms with Crippen LogP contribution in [-0.2, 0) is 4.79 Å². The van der Waals surface area contributed by atoms with Crippen LogP contribution in [0.3, 0.4) is 0 Å². The second-order valence-corrected chi connectivity index (χ2v) is 6.39. The summed E-state index contributed by atoms with van der Waals surface area (Å²) in [5.41, 5.74) is 0. The van der Waals surface area contributed by atoms with Crippen LogP contribution in [0.2, 0.25) is 0 Å². The number of thioether (sulfide) groups is 1. The van der Waals surface area contributed by atoms with Crippen LogP contribution in [0, 0.1) is 0 Å². The molecule has 2 aliphatic rings. The fraction of sp³-hybridized carbons (Fsp3) is 0.909. The van der Waals surface area contributed by atoms with E-state index < -0.39 is 0 Å². The molecule has 0 saturated carbocycles. The zero-order valence-electron chi connectivity index (χ0n) is 9.58. The molecular weight excluding hydrogens is 208 g/mol. The molecule has 2 atom stereocenters. The number of carbonyl (C=O) groups excluding carboxylic acids is 1. The van der Waals surface area contributed by atoms with Gasteiger partial charge in [-0.2, -0.15) is 0 Å². The van der Waals surface area contributed by atoms with Gasteiger partial charge in [-0.15, -0.1) is 11.8 Å². The zero-order chi connectivity index (χ0) is 10.9. The van der Waals surface area contributed by atoms with Crippen LogP contribution in [0.1, 0.15) is 26.7 Å². The number of hydrogen-bond donors (Lipinski definition) is 1. The first-order valence-electron chi connectivity index (χ1n) is 5.78. The summed E-state index contributed by atoms with van der Waals surface area (Å²) in [6, 6.07) is 0.442. The van der Waals surface area contributed by atoms with Crippen molar-refractivity contribution in [2.24, 2.45) is 0 Å². The predicted molar refractivity (Wildman–Crippen MR) is 64.1 cm³/mol. The molecule has 0 aromatic heterocycles. The van der Waals surface area contributed by atoms with Crippen molar-refractivity contribution < 1.29 is 4.79 Å². The second-order valence-electron chi connectivity index (χ2n) is 4.79. The molecular formula is C11H20N2OS. The van der Waals surface area contributed by atoms with E-state index in [2.05, 4.69) is 19.2 Å². The van der Waals surface area contributed by atoms with Gasteiger partial charge in [-0.05, 0) is 32.4 Å². The molecule has 2 aliphatic heterocycles. The maximum Gasteiger partial charge on any atom is 0.238 e. The van der Waals surface area contributed by atoms with Crippen LogP contribution < -0.4 is 5.32 Å². The summed E-state index contributed by atoms with van der Waals surface area (Å²) in [5, 5.41) is 3.37. The number of rotatable bonds is 1. The van der Waals surface area contributed by atoms with E-state index in [0.717, 1.165) is 31.8 Å². The summed E-state index contributed by atoms with van der Waals surface area (Å²) in [7, 11) is 0. The molecule has 4 heteroatoms. The topological polar surface area (TPSA) is 32.3 Å². The lowest BCUT2D eigenvalue weighted by Gasteiger charge is -2.36. The average Bonchev–Trinajstić information content (AvgIpc) is 2.65. The number of nitrogens with zero attached hydrogens (tertiary/aromatic N) is 1. The van der Waals surface area contributed by atoms with Crippen molar-refractivity contribution in [1.82, 2.24) is 10.2 Å². The molecule has 0 aliphatic carbocycles. The summed E-state index contributed by atoms with van der Waals surface area (Å²) in [6.45, 7) is 6.94. The van der Waals surface area contributed by atoms with Crippen molar-refractivity contribution in [3.8, 4) is 0 Å². The highest BCUT2D eigenvalue weighted by atomic mass is 32.2. The molecule has 86 valence electrons. The first-order chi connectivity index (χ1) is 7.12. The summed E-state index contributed by atoms with van der Waals surface area (Å²) >= 11 is 1.84. The maximum atomic E-state index is 12.3. The molecule has 2 unspecified atom stereocenters. The van der Waals surface area contributed by atoms with E-state index >= 15 is 0 Å². The zero-order valence-corrected chi connectivity index (χ0v) is 10.4. The Morgan fingerprint density at radius 3 is 3.00 bits per heavy atom. The van der Waals surface area contributed by atoms with E-state index in [1.807, 2.05) is 16.7 Å². The van der Waals surface area contributed by atoms with Gasteiger partial charge in [0.2, 0.25) is 5.91 Å². The first kappa shape index (κ1) is 11.3. The number of carbonyl (C=O) groups is 1. The van der Waals surface area contributed by atoms with E-state index in [1.54, 1.807) is 0 Å². The lowest BCUT2D eigenvalue weighted by atomic mass is 10.0. The minimum absolute atomic E-state index is 0.128. The minimum atomic E-state index is -0.128. The summed E-state index contributed by atoms with van der Waals surface area (Å²) < 4.78 is -0.128. The van der Waals surface area contributed by atoms with E-state index in [4.69, 9.17) is 0 Å². The lowest BCUT2D eigenvalue weighted by Crippen LogP contribution is -2.55. The fourth-order valence-electron chi connectivity index (χ4n) is 2.40. The Labute approximate surface area is 96.0 Å². The maximum absolute atomic E-state index is 12.3. The SMILES string of the molecule is CC1CN(C(=O)C2(C)CCCS2)CCN1. The average molecular weight is 228 g/mol. The van der Waals surface area contributed by atoms with Gasteiger partial charge in [0.25, 0.3) is 0 Å². The quantitative estimate of drug-likeness (QED) is 0.729. The predicted octanol–water partition coefficient (Wildman–Crippen LogP) is 1.09. The van der Waals surface area contributed by atoms with Gasteiger partial charge >= 0.3 is 0 Å². The molecule has 1 N–H and O–H groups in total.